The second kappa shape index (κ2) is 6.54. The minimum atomic E-state index is -3.46. The van der Waals surface area contributed by atoms with Gasteiger partial charge in [-0.05, 0) is 37.8 Å². The van der Waals surface area contributed by atoms with Crippen LogP contribution in [0.15, 0.2) is 23.2 Å². The third-order valence-electron chi connectivity index (χ3n) is 3.82. The lowest BCUT2D eigenvalue weighted by atomic mass is 9.87. The van der Waals surface area contributed by atoms with E-state index in [-0.39, 0.29) is 10.9 Å². The molecule has 0 radical (unpaired) electrons. The zero-order valence-electron chi connectivity index (χ0n) is 12.1. The first kappa shape index (κ1) is 15.3. The maximum Gasteiger partial charge on any atom is 0.242 e. The molecule has 0 spiro atoms. The summed E-state index contributed by atoms with van der Waals surface area (Å²) >= 11 is 0. The van der Waals surface area contributed by atoms with Crippen LogP contribution in [0.4, 0.5) is 5.82 Å². The minimum Gasteiger partial charge on any atom is -0.370 e. The number of hydrogen-bond donors (Lipinski definition) is 2. The van der Waals surface area contributed by atoms with Crippen molar-refractivity contribution in [3.8, 4) is 0 Å². The molecule has 2 atom stereocenters. The number of nitrogens with one attached hydrogen (secondary N) is 2. The van der Waals surface area contributed by atoms with E-state index in [1.165, 1.54) is 12.6 Å². The molecular weight excluding hydrogens is 274 g/mol. The van der Waals surface area contributed by atoms with E-state index in [9.17, 15) is 8.42 Å². The van der Waals surface area contributed by atoms with E-state index in [2.05, 4.69) is 21.9 Å². The molecule has 0 amide bonds. The van der Waals surface area contributed by atoms with Crippen LogP contribution in [0, 0.1) is 5.92 Å². The van der Waals surface area contributed by atoms with Crippen LogP contribution in [-0.2, 0) is 10.0 Å². The Morgan fingerprint density at radius 2 is 2.05 bits per heavy atom. The fourth-order valence-corrected chi connectivity index (χ4v) is 3.91. The van der Waals surface area contributed by atoms with Crippen molar-refractivity contribution >= 4 is 15.8 Å². The quantitative estimate of drug-likeness (QED) is 0.875. The molecule has 2 N–H and O–H groups in total. The Bertz CT molecular complexity index is 528. The third-order valence-corrected chi connectivity index (χ3v) is 5.30. The average molecular weight is 297 g/mol. The van der Waals surface area contributed by atoms with Gasteiger partial charge in [-0.25, -0.2) is 18.1 Å². The molecule has 20 heavy (non-hydrogen) atoms. The number of rotatable bonds is 5. The Labute approximate surface area is 121 Å². The maximum atomic E-state index is 12.3. The van der Waals surface area contributed by atoms with Gasteiger partial charge in [0.05, 0.1) is 0 Å². The largest absolute Gasteiger partial charge is 0.370 e. The van der Waals surface area contributed by atoms with Crippen LogP contribution in [0.2, 0.25) is 0 Å². The Balaban J connectivity index is 2.09. The smallest absolute Gasteiger partial charge is 0.242 e. The van der Waals surface area contributed by atoms with Gasteiger partial charge >= 0.3 is 0 Å². The monoisotopic (exact) mass is 297 g/mol. The standard InChI is InChI=1S/C14H23N3O2S/c1-3-15-14-9-8-12(10-16-14)20(18,19)17-13-7-5-4-6-11(13)2/h8-11,13,17H,3-7H2,1-2H3,(H,15,16). The van der Waals surface area contributed by atoms with Gasteiger partial charge < -0.3 is 5.32 Å². The van der Waals surface area contributed by atoms with Gasteiger partial charge in [0, 0.05) is 18.8 Å². The van der Waals surface area contributed by atoms with Crippen LogP contribution in [0.5, 0.6) is 0 Å². The Morgan fingerprint density at radius 1 is 1.30 bits per heavy atom. The second-order valence-corrected chi connectivity index (χ2v) is 7.11. The summed E-state index contributed by atoms with van der Waals surface area (Å²) in [5.74, 6) is 1.09. The van der Waals surface area contributed by atoms with Crippen LogP contribution in [0.3, 0.4) is 0 Å². The summed E-state index contributed by atoms with van der Waals surface area (Å²) in [4.78, 5) is 4.35. The highest BCUT2D eigenvalue weighted by atomic mass is 32.2. The van der Waals surface area contributed by atoms with E-state index in [0.29, 0.717) is 11.7 Å². The first-order valence-corrected chi connectivity index (χ1v) is 8.73. The van der Waals surface area contributed by atoms with E-state index in [0.717, 1.165) is 25.8 Å². The molecule has 112 valence electrons. The van der Waals surface area contributed by atoms with Crippen molar-refractivity contribution in [3.63, 3.8) is 0 Å². The highest BCUT2D eigenvalue weighted by Crippen LogP contribution is 2.25. The van der Waals surface area contributed by atoms with Crippen molar-refractivity contribution in [1.82, 2.24) is 9.71 Å². The summed E-state index contributed by atoms with van der Waals surface area (Å²) in [5, 5.41) is 3.05. The normalized spacial score (nSPS) is 23.5. The Hall–Kier alpha value is -1.14. The molecule has 2 unspecified atom stereocenters. The summed E-state index contributed by atoms with van der Waals surface area (Å²) in [6.07, 6.45) is 5.70. The van der Waals surface area contributed by atoms with Gasteiger partial charge in [-0.15, -0.1) is 0 Å². The van der Waals surface area contributed by atoms with E-state index in [1.807, 2.05) is 6.92 Å². The van der Waals surface area contributed by atoms with Crippen LogP contribution in [0.1, 0.15) is 39.5 Å². The van der Waals surface area contributed by atoms with Gasteiger partial charge in [-0.2, -0.15) is 0 Å². The van der Waals surface area contributed by atoms with Gasteiger partial charge in [-0.3, -0.25) is 0 Å². The Morgan fingerprint density at radius 3 is 2.65 bits per heavy atom. The molecule has 5 nitrogen and oxygen atoms in total. The zero-order valence-corrected chi connectivity index (χ0v) is 12.9. The molecule has 1 aromatic heterocycles. The van der Waals surface area contributed by atoms with E-state index < -0.39 is 10.0 Å². The number of hydrogen-bond acceptors (Lipinski definition) is 4. The lowest BCUT2D eigenvalue weighted by Gasteiger charge is -2.29. The molecule has 6 heteroatoms. The summed E-state index contributed by atoms with van der Waals surface area (Å²) in [6, 6.07) is 3.34. The zero-order chi connectivity index (χ0) is 14.6. The molecule has 1 heterocycles. The van der Waals surface area contributed by atoms with Crippen LogP contribution >= 0.6 is 0 Å². The first-order valence-electron chi connectivity index (χ1n) is 7.25. The molecule has 1 aromatic rings. The molecule has 0 aromatic carbocycles. The molecular formula is C14H23N3O2S. The predicted molar refractivity (Wildman–Crippen MR) is 80.1 cm³/mol. The van der Waals surface area contributed by atoms with Crippen LogP contribution in [-0.4, -0.2) is 26.0 Å². The fraction of sp³-hybridized carbons (Fsp3) is 0.643. The third kappa shape index (κ3) is 3.70. The molecule has 0 bridgehead atoms. The van der Waals surface area contributed by atoms with E-state index >= 15 is 0 Å². The van der Waals surface area contributed by atoms with Crippen molar-refractivity contribution in [2.45, 2.75) is 50.5 Å². The number of anilines is 1. The average Bonchev–Trinajstić information content (AvgIpc) is 2.42. The van der Waals surface area contributed by atoms with Gasteiger partial charge in [0.25, 0.3) is 0 Å². The predicted octanol–water partition coefficient (Wildman–Crippen LogP) is 2.37. The van der Waals surface area contributed by atoms with E-state index in [4.69, 9.17) is 0 Å². The molecule has 1 aliphatic carbocycles. The molecule has 1 saturated carbocycles. The lowest BCUT2D eigenvalue weighted by molar-refractivity contribution is 0.310. The number of sulfonamides is 1. The number of nitrogens with zero attached hydrogens (tertiary/aromatic N) is 1. The summed E-state index contributed by atoms with van der Waals surface area (Å²) < 4.78 is 27.5. The van der Waals surface area contributed by atoms with Gasteiger partial charge in [0.2, 0.25) is 10.0 Å². The number of pyridine rings is 1. The summed E-state index contributed by atoms with van der Waals surface area (Å²) in [7, 11) is -3.46. The molecule has 0 aliphatic heterocycles. The van der Waals surface area contributed by atoms with Gasteiger partial charge in [0.1, 0.15) is 10.7 Å². The number of aromatic nitrogens is 1. The van der Waals surface area contributed by atoms with Gasteiger partial charge in [-0.1, -0.05) is 19.8 Å². The van der Waals surface area contributed by atoms with Crippen molar-refractivity contribution in [2.75, 3.05) is 11.9 Å². The van der Waals surface area contributed by atoms with Crippen LogP contribution < -0.4 is 10.0 Å². The SMILES string of the molecule is CCNc1ccc(S(=O)(=O)NC2CCCCC2C)cn1. The summed E-state index contributed by atoms with van der Waals surface area (Å²) in [5.41, 5.74) is 0. The second-order valence-electron chi connectivity index (χ2n) is 5.40. The van der Waals surface area contributed by atoms with Crippen molar-refractivity contribution in [3.05, 3.63) is 18.3 Å². The van der Waals surface area contributed by atoms with Crippen molar-refractivity contribution in [2.24, 2.45) is 5.92 Å². The highest BCUT2D eigenvalue weighted by molar-refractivity contribution is 7.89. The maximum absolute atomic E-state index is 12.3. The molecule has 2 rings (SSSR count). The lowest BCUT2D eigenvalue weighted by Crippen LogP contribution is -2.41. The van der Waals surface area contributed by atoms with Gasteiger partial charge in [0.15, 0.2) is 0 Å². The fourth-order valence-electron chi connectivity index (χ4n) is 2.58. The molecule has 0 saturated heterocycles. The topological polar surface area (TPSA) is 71.1 Å². The highest BCUT2D eigenvalue weighted by Gasteiger charge is 2.26. The first-order chi connectivity index (χ1) is 9.53. The minimum absolute atomic E-state index is 0.0437. The molecule has 1 fully saturated rings. The van der Waals surface area contributed by atoms with E-state index in [1.54, 1.807) is 12.1 Å². The van der Waals surface area contributed by atoms with Crippen molar-refractivity contribution < 1.29 is 8.42 Å². The Kier molecular flexibility index (Phi) is 4.99. The molecule has 1 aliphatic rings. The van der Waals surface area contributed by atoms with Crippen molar-refractivity contribution in [1.29, 1.82) is 0 Å². The van der Waals surface area contributed by atoms with Crippen LogP contribution in [0.25, 0.3) is 0 Å². The summed E-state index contributed by atoms with van der Waals surface area (Å²) in [6.45, 7) is 4.84.